The number of pyridine rings is 1. The van der Waals surface area contributed by atoms with Gasteiger partial charge in [0.05, 0.1) is 29.7 Å². The largest absolute Gasteiger partial charge is 0.462 e. The lowest BCUT2D eigenvalue weighted by Gasteiger charge is -2.21. The topological polar surface area (TPSA) is 85.5 Å². The first-order chi connectivity index (χ1) is 10.5. The Morgan fingerprint density at radius 2 is 2.00 bits per heavy atom. The highest BCUT2D eigenvalue weighted by molar-refractivity contribution is 6.00. The highest BCUT2D eigenvalue weighted by atomic mass is 16.5. The van der Waals surface area contributed by atoms with E-state index in [0.29, 0.717) is 17.1 Å². The first-order valence-corrected chi connectivity index (χ1v) is 6.81. The van der Waals surface area contributed by atoms with E-state index in [2.05, 4.69) is 4.98 Å². The number of amides is 1. The van der Waals surface area contributed by atoms with Crippen molar-refractivity contribution in [3.63, 3.8) is 0 Å². The van der Waals surface area contributed by atoms with Gasteiger partial charge in [0.15, 0.2) is 0 Å². The average Bonchev–Trinajstić information content (AvgIpc) is 2.48. The predicted octanol–water partition coefficient (Wildman–Crippen LogP) is 2.53. The summed E-state index contributed by atoms with van der Waals surface area (Å²) in [5, 5.41) is 0. The Balaban J connectivity index is 2.44. The molecule has 2 N–H and O–H groups in total. The van der Waals surface area contributed by atoms with E-state index >= 15 is 0 Å². The molecule has 6 heteroatoms. The summed E-state index contributed by atoms with van der Waals surface area (Å²) in [7, 11) is 0. The average molecular weight is 299 g/mol. The Bertz CT molecular complexity index is 701. The summed E-state index contributed by atoms with van der Waals surface area (Å²) >= 11 is 0. The van der Waals surface area contributed by atoms with Gasteiger partial charge >= 0.3 is 5.97 Å². The number of hydrogen-bond acceptors (Lipinski definition) is 5. The summed E-state index contributed by atoms with van der Waals surface area (Å²) in [4.78, 5) is 29.2. The maximum Gasteiger partial charge on any atom is 0.339 e. The fourth-order valence-electron chi connectivity index (χ4n) is 2.05. The predicted molar refractivity (Wildman–Crippen MR) is 83.9 cm³/mol. The third kappa shape index (κ3) is 3.41. The van der Waals surface area contributed by atoms with Crippen LogP contribution in [0.1, 0.15) is 24.2 Å². The van der Waals surface area contributed by atoms with Crippen molar-refractivity contribution in [2.75, 3.05) is 17.2 Å². The van der Waals surface area contributed by atoms with Gasteiger partial charge in [-0.1, -0.05) is 6.07 Å². The minimum absolute atomic E-state index is 0.214. The van der Waals surface area contributed by atoms with Gasteiger partial charge in [-0.25, -0.2) is 4.79 Å². The summed E-state index contributed by atoms with van der Waals surface area (Å²) < 4.78 is 4.95. The van der Waals surface area contributed by atoms with Crippen LogP contribution in [0.15, 0.2) is 42.7 Å². The van der Waals surface area contributed by atoms with E-state index < -0.39 is 5.97 Å². The van der Waals surface area contributed by atoms with Gasteiger partial charge in [0.1, 0.15) is 0 Å². The Hall–Kier alpha value is -2.89. The molecule has 0 unspecified atom stereocenters. The number of nitrogen functional groups attached to an aromatic ring is 1. The number of carbonyl (C=O) groups excluding carboxylic acids is 2. The van der Waals surface area contributed by atoms with Crippen molar-refractivity contribution in [3.8, 4) is 0 Å². The summed E-state index contributed by atoms with van der Waals surface area (Å²) in [6.07, 6.45) is 2.91. The smallest absolute Gasteiger partial charge is 0.339 e. The van der Waals surface area contributed by atoms with Crippen molar-refractivity contribution < 1.29 is 14.3 Å². The van der Waals surface area contributed by atoms with Gasteiger partial charge in [-0.2, -0.15) is 0 Å². The molecule has 0 atom stereocenters. The molecule has 0 saturated heterocycles. The number of rotatable bonds is 4. The maximum absolute atomic E-state index is 12.0. The standard InChI is InChI=1S/C16H17N3O3/c1-3-22-16(21)12-7-15(10-18-9-12)19(11(2)20)14-6-4-5-13(17)8-14/h4-10H,3,17H2,1-2H3. The maximum atomic E-state index is 12.0. The van der Waals surface area contributed by atoms with E-state index in [-0.39, 0.29) is 18.1 Å². The van der Waals surface area contributed by atoms with E-state index in [9.17, 15) is 9.59 Å². The number of hydrogen-bond donors (Lipinski definition) is 1. The molecular formula is C16H17N3O3. The molecule has 1 aromatic carbocycles. The van der Waals surface area contributed by atoms with Crippen molar-refractivity contribution in [1.82, 2.24) is 4.98 Å². The van der Waals surface area contributed by atoms with E-state index in [1.54, 1.807) is 37.3 Å². The number of esters is 1. The fraction of sp³-hybridized carbons (Fsp3) is 0.188. The molecule has 0 spiro atoms. The molecule has 114 valence electrons. The Kier molecular flexibility index (Phi) is 4.73. The van der Waals surface area contributed by atoms with E-state index in [1.165, 1.54) is 24.2 Å². The molecule has 2 aromatic rings. The second-order valence-electron chi connectivity index (χ2n) is 4.60. The molecule has 0 aliphatic rings. The first-order valence-electron chi connectivity index (χ1n) is 6.81. The molecule has 0 fully saturated rings. The SMILES string of the molecule is CCOC(=O)c1cncc(N(C(C)=O)c2cccc(N)c2)c1. The summed E-state index contributed by atoms with van der Waals surface area (Å²) in [6.45, 7) is 3.43. The van der Waals surface area contributed by atoms with Crippen LogP contribution in [0.4, 0.5) is 17.1 Å². The van der Waals surface area contributed by atoms with Crippen LogP contribution in [0.3, 0.4) is 0 Å². The molecule has 1 aromatic heterocycles. The van der Waals surface area contributed by atoms with E-state index in [1.807, 2.05) is 0 Å². The lowest BCUT2D eigenvalue weighted by Crippen LogP contribution is -2.23. The zero-order valence-electron chi connectivity index (χ0n) is 12.4. The molecular weight excluding hydrogens is 282 g/mol. The third-order valence-electron chi connectivity index (χ3n) is 2.94. The van der Waals surface area contributed by atoms with Crippen molar-refractivity contribution in [1.29, 1.82) is 0 Å². The van der Waals surface area contributed by atoms with Gasteiger partial charge in [-0.3, -0.25) is 14.7 Å². The van der Waals surface area contributed by atoms with Crippen molar-refractivity contribution in [2.24, 2.45) is 0 Å². The molecule has 0 saturated carbocycles. The molecule has 0 aliphatic heterocycles. The quantitative estimate of drug-likeness (QED) is 0.692. The van der Waals surface area contributed by atoms with Crippen LogP contribution in [0.25, 0.3) is 0 Å². The number of benzene rings is 1. The molecule has 2 rings (SSSR count). The zero-order valence-corrected chi connectivity index (χ0v) is 12.4. The van der Waals surface area contributed by atoms with Crippen molar-refractivity contribution >= 4 is 28.9 Å². The fourth-order valence-corrected chi connectivity index (χ4v) is 2.05. The number of nitrogens with zero attached hydrogens (tertiary/aromatic N) is 2. The second-order valence-corrected chi connectivity index (χ2v) is 4.60. The third-order valence-corrected chi connectivity index (χ3v) is 2.94. The molecule has 0 radical (unpaired) electrons. The molecule has 6 nitrogen and oxygen atoms in total. The Morgan fingerprint density at radius 3 is 2.64 bits per heavy atom. The second kappa shape index (κ2) is 6.71. The monoisotopic (exact) mass is 299 g/mol. The van der Waals surface area contributed by atoms with Crippen LogP contribution < -0.4 is 10.6 Å². The van der Waals surface area contributed by atoms with E-state index in [0.717, 1.165) is 0 Å². The van der Waals surface area contributed by atoms with Gasteiger partial charge in [-0.05, 0) is 31.2 Å². The number of carbonyl (C=O) groups is 2. The molecule has 0 aliphatic carbocycles. The lowest BCUT2D eigenvalue weighted by atomic mass is 10.2. The van der Waals surface area contributed by atoms with Gasteiger partial charge in [0.2, 0.25) is 5.91 Å². The highest BCUT2D eigenvalue weighted by Crippen LogP contribution is 2.27. The van der Waals surface area contributed by atoms with Crippen LogP contribution >= 0.6 is 0 Å². The summed E-state index contributed by atoms with van der Waals surface area (Å²) in [6, 6.07) is 8.49. The Morgan fingerprint density at radius 1 is 1.23 bits per heavy atom. The number of aromatic nitrogens is 1. The summed E-state index contributed by atoms with van der Waals surface area (Å²) in [5.41, 5.74) is 7.67. The summed E-state index contributed by atoms with van der Waals surface area (Å²) in [5.74, 6) is -0.693. The van der Waals surface area contributed by atoms with Crippen LogP contribution in [0, 0.1) is 0 Å². The van der Waals surface area contributed by atoms with Gasteiger partial charge in [-0.15, -0.1) is 0 Å². The number of nitrogens with two attached hydrogens (primary N) is 1. The highest BCUT2D eigenvalue weighted by Gasteiger charge is 2.17. The minimum Gasteiger partial charge on any atom is -0.462 e. The van der Waals surface area contributed by atoms with Gasteiger partial charge in [0.25, 0.3) is 0 Å². The van der Waals surface area contributed by atoms with Crippen LogP contribution in [0.2, 0.25) is 0 Å². The van der Waals surface area contributed by atoms with E-state index in [4.69, 9.17) is 10.5 Å². The lowest BCUT2D eigenvalue weighted by molar-refractivity contribution is -0.115. The normalized spacial score (nSPS) is 10.1. The van der Waals surface area contributed by atoms with Crippen LogP contribution in [0.5, 0.6) is 0 Å². The molecule has 1 amide bonds. The van der Waals surface area contributed by atoms with Crippen molar-refractivity contribution in [3.05, 3.63) is 48.3 Å². The van der Waals surface area contributed by atoms with Gasteiger partial charge in [0, 0.05) is 18.8 Å². The minimum atomic E-state index is -0.479. The van der Waals surface area contributed by atoms with Gasteiger partial charge < -0.3 is 10.5 Å². The van der Waals surface area contributed by atoms with Crippen LogP contribution in [-0.2, 0) is 9.53 Å². The number of anilines is 3. The Labute approximate surface area is 128 Å². The first kappa shape index (κ1) is 15.5. The molecule has 22 heavy (non-hydrogen) atoms. The number of ether oxygens (including phenoxy) is 1. The van der Waals surface area contributed by atoms with Crippen molar-refractivity contribution in [2.45, 2.75) is 13.8 Å². The zero-order chi connectivity index (χ0) is 16.1. The van der Waals surface area contributed by atoms with Crippen LogP contribution in [-0.4, -0.2) is 23.5 Å². The molecule has 0 bridgehead atoms. The molecule has 1 heterocycles.